The third kappa shape index (κ3) is 4.08. The molecule has 33 heavy (non-hydrogen) atoms. The predicted octanol–water partition coefficient (Wildman–Crippen LogP) is 2.90. The maximum Gasteiger partial charge on any atom is 0.307 e. The van der Waals surface area contributed by atoms with Crippen molar-refractivity contribution in [2.24, 2.45) is 16.7 Å². The minimum absolute atomic E-state index is 0. The Morgan fingerprint density at radius 2 is 1.88 bits per heavy atom. The van der Waals surface area contributed by atoms with Gasteiger partial charge >= 0.3 is 5.97 Å². The zero-order chi connectivity index (χ0) is 24.3. The predicted molar refractivity (Wildman–Crippen MR) is 128 cm³/mol. The molecule has 1 heterocycles. The molecule has 1 aliphatic heterocycles. The Labute approximate surface area is 204 Å². The van der Waals surface area contributed by atoms with Crippen molar-refractivity contribution < 1.29 is 29.3 Å². The molecule has 0 bridgehead atoms. The lowest BCUT2D eigenvalue weighted by Gasteiger charge is -2.69. The molecule has 8 heteroatoms. The van der Waals surface area contributed by atoms with E-state index in [4.69, 9.17) is 9.47 Å². The Morgan fingerprint density at radius 3 is 2.42 bits per heavy atom. The molecule has 3 aliphatic rings. The summed E-state index contributed by atoms with van der Waals surface area (Å²) in [6, 6.07) is 0. The number of aliphatic hydroxyl groups excluding tert-OH is 1. The Morgan fingerprint density at radius 1 is 1.27 bits per heavy atom. The zero-order valence-corrected chi connectivity index (χ0v) is 22.0. The summed E-state index contributed by atoms with van der Waals surface area (Å²) >= 11 is 0. The van der Waals surface area contributed by atoms with E-state index in [0.717, 1.165) is 0 Å². The topological polar surface area (TPSA) is 96.3 Å². The Hall–Kier alpha value is -0.990. The van der Waals surface area contributed by atoms with Crippen molar-refractivity contribution in [1.29, 1.82) is 0 Å². The smallest absolute Gasteiger partial charge is 0.307 e. The summed E-state index contributed by atoms with van der Waals surface area (Å²) in [5, 5.41) is 23.6. The molecule has 3 rings (SSSR count). The van der Waals surface area contributed by atoms with Gasteiger partial charge in [0.05, 0.1) is 18.1 Å². The van der Waals surface area contributed by atoms with Crippen LogP contribution in [0, 0.1) is 16.7 Å². The number of aliphatic hydroxyl groups is 2. The molecule has 0 radical (unpaired) electrons. The van der Waals surface area contributed by atoms with E-state index >= 15 is 0 Å². The highest BCUT2D eigenvalue weighted by Gasteiger charge is 2.76. The van der Waals surface area contributed by atoms with Crippen molar-refractivity contribution in [2.75, 3.05) is 20.6 Å². The number of esters is 1. The summed E-state index contributed by atoms with van der Waals surface area (Å²) in [5.41, 5.74) is -5.56. The van der Waals surface area contributed by atoms with Gasteiger partial charge in [-0.1, -0.05) is 26.8 Å². The number of ether oxygens (including phenoxy) is 2. The number of fused-ring (bicyclic) bond motifs is 3. The van der Waals surface area contributed by atoms with Gasteiger partial charge in [0.1, 0.15) is 11.7 Å². The summed E-state index contributed by atoms with van der Waals surface area (Å²) < 4.78 is 12.2. The molecular weight excluding hydrogens is 446 g/mol. The van der Waals surface area contributed by atoms with Crippen LogP contribution in [0.15, 0.2) is 12.7 Å². The molecule has 1 saturated heterocycles. The monoisotopic (exact) mass is 487 g/mol. The summed E-state index contributed by atoms with van der Waals surface area (Å²) in [6.07, 6.45) is 1.61. The number of nitrogens with zero attached hydrogens (tertiary/aromatic N) is 1. The summed E-state index contributed by atoms with van der Waals surface area (Å²) in [5.74, 6) is -0.869. The molecule has 7 nitrogen and oxygen atoms in total. The van der Waals surface area contributed by atoms with E-state index in [0.29, 0.717) is 19.4 Å². The second-order valence-electron chi connectivity index (χ2n) is 11.6. The van der Waals surface area contributed by atoms with Gasteiger partial charge in [-0.3, -0.25) is 9.59 Å². The van der Waals surface area contributed by atoms with Crippen molar-refractivity contribution >= 4 is 24.2 Å². The fraction of sp³-hybridized carbons (Fsp3) is 0.840. The highest BCUT2D eigenvalue weighted by Crippen LogP contribution is 2.66. The maximum absolute atomic E-state index is 13.6. The molecule has 0 spiro atoms. The van der Waals surface area contributed by atoms with Crippen LogP contribution < -0.4 is 0 Å². The summed E-state index contributed by atoms with van der Waals surface area (Å²) in [6.45, 7) is 13.8. The first-order chi connectivity index (χ1) is 14.6. The third-order valence-corrected chi connectivity index (χ3v) is 8.88. The van der Waals surface area contributed by atoms with Gasteiger partial charge in [-0.05, 0) is 46.7 Å². The molecule has 2 saturated carbocycles. The summed E-state index contributed by atoms with van der Waals surface area (Å²) in [4.78, 5) is 28.0. The number of rotatable bonds is 5. The number of hydrogen-bond donors (Lipinski definition) is 2. The Kier molecular flexibility index (Phi) is 7.62. The van der Waals surface area contributed by atoms with Gasteiger partial charge in [-0.25, -0.2) is 0 Å². The lowest BCUT2D eigenvalue weighted by atomic mass is 9.40. The molecule has 7 atom stereocenters. The second kappa shape index (κ2) is 8.90. The molecule has 2 N–H and O–H groups in total. The number of Topliss-reactive ketones (excluding diaryl/α,β-unsaturated/α-hetero) is 1. The van der Waals surface area contributed by atoms with E-state index in [1.54, 1.807) is 13.0 Å². The number of ketones is 1. The van der Waals surface area contributed by atoms with Crippen molar-refractivity contribution in [3.8, 4) is 0 Å². The fourth-order valence-corrected chi connectivity index (χ4v) is 6.88. The van der Waals surface area contributed by atoms with E-state index in [-0.39, 0.29) is 49.3 Å². The zero-order valence-electron chi connectivity index (χ0n) is 21.1. The highest BCUT2D eigenvalue weighted by atomic mass is 35.5. The standard InChI is InChI=1S/C25H41NO6.ClH/c1-9-22(4)15-18(28)25(30)23(5,32-22)12-10-16-21(2,3)19(14-17(27)24(16,25)6)31-20(29)11-13-26(7)8;/h9,16-17,19,27,30H,1,10-15H2,2-8H3;1H/t16-,17?,19?,22-,23+,24+,25+;/m0./s1. The SMILES string of the molecule is C=C[C@@]1(C)CC(=O)[C@@]2(O)[C@@](C)(CC[C@H]3C(C)(C)C(OC(=O)CCN(C)C)CC(O)[C@@]32C)O1.Cl. The van der Waals surface area contributed by atoms with Crippen LogP contribution >= 0.6 is 12.4 Å². The molecule has 2 aliphatic carbocycles. The third-order valence-electron chi connectivity index (χ3n) is 8.88. The van der Waals surface area contributed by atoms with Crippen molar-refractivity contribution in [3.05, 3.63) is 12.7 Å². The minimum Gasteiger partial charge on any atom is -0.462 e. The van der Waals surface area contributed by atoms with Gasteiger partial charge in [-0.2, -0.15) is 0 Å². The molecule has 0 amide bonds. The second-order valence-corrected chi connectivity index (χ2v) is 11.6. The van der Waals surface area contributed by atoms with E-state index in [1.165, 1.54) is 0 Å². The average molecular weight is 488 g/mol. The number of hydrogen-bond acceptors (Lipinski definition) is 7. The van der Waals surface area contributed by atoms with E-state index in [9.17, 15) is 19.8 Å². The van der Waals surface area contributed by atoms with Crippen LogP contribution in [0.25, 0.3) is 0 Å². The van der Waals surface area contributed by atoms with E-state index in [1.807, 2.05) is 46.7 Å². The highest BCUT2D eigenvalue weighted by molar-refractivity contribution is 5.92. The molecule has 0 aromatic carbocycles. The van der Waals surface area contributed by atoms with Gasteiger partial charge < -0.3 is 24.6 Å². The quantitative estimate of drug-likeness (QED) is 0.454. The molecule has 0 aromatic heterocycles. The van der Waals surface area contributed by atoms with Gasteiger partial charge in [0, 0.05) is 30.2 Å². The van der Waals surface area contributed by atoms with Gasteiger partial charge in [0.25, 0.3) is 0 Å². The van der Waals surface area contributed by atoms with Gasteiger partial charge in [-0.15, -0.1) is 19.0 Å². The molecule has 3 fully saturated rings. The first-order valence-corrected chi connectivity index (χ1v) is 11.7. The van der Waals surface area contributed by atoms with Crippen molar-refractivity contribution in [3.63, 3.8) is 0 Å². The number of carbonyl (C=O) groups excluding carboxylic acids is 2. The lowest BCUT2D eigenvalue weighted by Crippen LogP contribution is -2.81. The number of halogens is 1. The van der Waals surface area contributed by atoms with Crippen molar-refractivity contribution in [1.82, 2.24) is 4.90 Å². The molecular formula is C25H42ClNO6. The maximum atomic E-state index is 13.6. The van der Waals surface area contributed by atoms with E-state index < -0.39 is 39.8 Å². The van der Waals surface area contributed by atoms with Crippen LogP contribution in [0.4, 0.5) is 0 Å². The van der Waals surface area contributed by atoms with Crippen LogP contribution in [0.5, 0.6) is 0 Å². The Balaban J connectivity index is 0.00000385. The molecule has 190 valence electrons. The molecule has 2 unspecified atom stereocenters. The van der Waals surface area contributed by atoms with Crippen LogP contribution in [0.2, 0.25) is 0 Å². The van der Waals surface area contributed by atoms with Gasteiger partial charge in [0.2, 0.25) is 0 Å². The minimum atomic E-state index is -1.86. The van der Waals surface area contributed by atoms with Crippen LogP contribution in [0.1, 0.15) is 66.7 Å². The average Bonchev–Trinajstić information content (AvgIpc) is 2.67. The van der Waals surface area contributed by atoms with Crippen molar-refractivity contribution in [2.45, 2.75) is 95.7 Å². The largest absolute Gasteiger partial charge is 0.462 e. The van der Waals surface area contributed by atoms with Crippen LogP contribution in [-0.4, -0.2) is 76.5 Å². The number of carbonyl (C=O) groups is 2. The van der Waals surface area contributed by atoms with Gasteiger partial charge in [0.15, 0.2) is 11.4 Å². The normalized spacial score (nSPS) is 44.3. The summed E-state index contributed by atoms with van der Waals surface area (Å²) in [7, 11) is 3.79. The first kappa shape index (κ1) is 28.2. The fourth-order valence-electron chi connectivity index (χ4n) is 6.88. The lowest BCUT2D eigenvalue weighted by molar-refractivity contribution is -0.332. The van der Waals surface area contributed by atoms with Crippen LogP contribution in [-0.2, 0) is 19.1 Å². The Bertz CT molecular complexity index is 802. The van der Waals surface area contributed by atoms with Crippen LogP contribution in [0.3, 0.4) is 0 Å². The molecule has 0 aromatic rings. The first-order valence-electron chi connectivity index (χ1n) is 11.7. The van der Waals surface area contributed by atoms with E-state index in [2.05, 4.69) is 6.58 Å².